The van der Waals surface area contributed by atoms with E-state index in [9.17, 15) is 14.4 Å². The summed E-state index contributed by atoms with van der Waals surface area (Å²) in [6, 6.07) is 14.2. The number of unbranched alkanes of at least 4 members (excludes halogenated alkanes) is 2. The van der Waals surface area contributed by atoms with Gasteiger partial charge in [0.2, 0.25) is 5.91 Å². The number of thioether (sulfide) groups is 1. The molecule has 1 saturated heterocycles. The molecule has 1 aliphatic heterocycles. The second-order valence-corrected chi connectivity index (χ2v) is 9.30. The average Bonchev–Trinajstić information content (AvgIpc) is 3.14. The molecule has 35 heavy (non-hydrogen) atoms. The van der Waals surface area contributed by atoms with Crippen LogP contribution in [0.5, 0.6) is 11.5 Å². The van der Waals surface area contributed by atoms with Crippen molar-refractivity contribution < 1.29 is 23.9 Å². The monoisotopic (exact) mass is 513 g/mol. The standard InChI is InChI=1S/C25H27N3O5S2/c1-32-18-13-11-17(12-14-18)16-21-24(31)28(25(34)35-21)15-7-3-4-10-22(29)26-27-23(30)19-8-5-6-9-20(19)33-2/h5-6,8-9,11-14,16H,3-4,7,10,15H2,1-2H3,(H,26,29)(H,27,30). The minimum absolute atomic E-state index is 0.104. The molecule has 184 valence electrons. The Kier molecular flexibility index (Phi) is 9.68. The molecular weight excluding hydrogens is 486 g/mol. The summed E-state index contributed by atoms with van der Waals surface area (Å²) in [5.74, 6) is 0.331. The number of hydrogen-bond donors (Lipinski definition) is 2. The first kappa shape index (κ1) is 26.2. The number of nitrogens with one attached hydrogen (secondary N) is 2. The van der Waals surface area contributed by atoms with Crippen molar-refractivity contribution in [3.05, 3.63) is 64.6 Å². The number of para-hydroxylation sites is 1. The maximum atomic E-state index is 12.7. The number of ether oxygens (including phenoxy) is 2. The van der Waals surface area contributed by atoms with E-state index < -0.39 is 5.91 Å². The Morgan fingerprint density at radius 2 is 1.74 bits per heavy atom. The van der Waals surface area contributed by atoms with Gasteiger partial charge in [0, 0.05) is 13.0 Å². The summed E-state index contributed by atoms with van der Waals surface area (Å²) in [5, 5.41) is 0. The second-order valence-electron chi connectivity index (χ2n) is 7.62. The van der Waals surface area contributed by atoms with Crippen LogP contribution in [0.2, 0.25) is 0 Å². The first-order valence-electron chi connectivity index (χ1n) is 11.0. The quantitative estimate of drug-likeness (QED) is 0.215. The number of amides is 3. The van der Waals surface area contributed by atoms with E-state index in [1.807, 2.05) is 30.3 Å². The molecule has 0 unspecified atom stereocenters. The zero-order valence-electron chi connectivity index (χ0n) is 19.5. The molecule has 0 radical (unpaired) electrons. The van der Waals surface area contributed by atoms with E-state index in [1.54, 1.807) is 36.3 Å². The van der Waals surface area contributed by atoms with Gasteiger partial charge in [0.1, 0.15) is 15.8 Å². The van der Waals surface area contributed by atoms with Crippen molar-refractivity contribution in [1.29, 1.82) is 0 Å². The molecule has 2 N–H and O–H groups in total. The third-order valence-electron chi connectivity index (χ3n) is 5.24. The summed E-state index contributed by atoms with van der Waals surface area (Å²) >= 11 is 6.67. The van der Waals surface area contributed by atoms with Crippen molar-refractivity contribution in [3.63, 3.8) is 0 Å². The molecule has 0 aliphatic carbocycles. The molecule has 0 aromatic heterocycles. The van der Waals surface area contributed by atoms with E-state index in [1.165, 1.54) is 18.9 Å². The molecular formula is C25H27N3O5S2. The normalized spacial score (nSPS) is 14.2. The van der Waals surface area contributed by atoms with E-state index in [2.05, 4.69) is 10.9 Å². The number of hydrogen-bond acceptors (Lipinski definition) is 7. The molecule has 1 fully saturated rings. The maximum Gasteiger partial charge on any atom is 0.273 e. The van der Waals surface area contributed by atoms with E-state index >= 15 is 0 Å². The van der Waals surface area contributed by atoms with Crippen LogP contribution in [0.25, 0.3) is 6.08 Å². The minimum Gasteiger partial charge on any atom is -0.497 e. The highest BCUT2D eigenvalue weighted by Gasteiger charge is 2.31. The number of thiocarbonyl (C=S) groups is 1. The lowest BCUT2D eigenvalue weighted by atomic mass is 10.1. The maximum absolute atomic E-state index is 12.7. The van der Waals surface area contributed by atoms with Gasteiger partial charge in [-0.05, 0) is 48.7 Å². The van der Waals surface area contributed by atoms with Crippen molar-refractivity contribution >= 4 is 52.1 Å². The molecule has 0 atom stereocenters. The topological polar surface area (TPSA) is 97.0 Å². The molecule has 10 heteroatoms. The highest BCUT2D eigenvalue weighted by atomic mass is 32.2. The van der Waals surface area contributed by atoms with Crippen LogP contribution in [0.15, 0.2) is 53.4 Å². The van der Waals surface area contributed by atoms with Crippen LogP contribution >= 0.6 is 24.0 Å². The molecule has 2 aromatic rings. The Labute approximate surface area is 214 Å². The van der Waals surface area contributed by atoms with Crippen LogP contribution in [-0.4, -0.2) is 47.7 Å². The van der Waals surface area contributed by atoms with Gasteiger partial charge in [-0.1, -0.05) is 54.7 Å². The predicted octanol–water partition coefficient (Wildman–Crippen LogP) is 3.93. The fourth-order valence-corrected chi connectivity index (χ4v) is 4.67. The lowest BCUT2D eigenvalue weighted by Gasteiger charge is -2.14. The Morgan fingerprint density at radius 3 is 2.46 bits per heavy atom. The van der Waals surface area contributed by atoms with Crippen molar-refractivity contribution in [2.45, 2.75) is 25.7 Å². The lowest BCUT2D eigenvalue weighted by Crippen LogP contribution is -2.41. The third kappa shape index (κ3) is 7.30. The summed E-state index contributed by atoms with van der Waals surface area (Å²) in [5.41, 5.74) is 6.05. The van der Waals surface area contributed by atoms with Gasteiger partial charge in [-0.3, -0.25) is 30.1 Å². The fourth-order valence-electron chi connectivity index (χ4n) is 3.37. The van der Waals surface area contributed by atoms with Crippen LogP contribution in [0.1, 0.15) is 41.6 Å². The Balaban J connectivity index is 1.37. The molecule has 0 saturated carbocycles. The Morgan fingerprint density at radius 1 is 1.00 bits per heavy atom. The molecule has 1 aliphatic rings. The minimum atomic E-state index is -0.451. The predicted molar refractivity (Wildman–Crippen MR) is 140 cm³/mol. The first-order valence-corrected chi connectivity index (χ1v) is 12.3. The highest BCUT2D eigenvalue weighted by molar-refractivity contribution is 8.26. The van der Waals surface area contributed by atoms with Crippen molar-refractivity contribution in [1.82, 2.24) is 15.8 Å². The van der Waals surface area contributed by atoms with Crippen LogP contribution in [0, 0.1) is 0 Å². The number of rotatable bonds is 10. The van der Waals surface area contributed by atoms with Crippen molar-refractivity contribution in [3.8, 4) is 11.5 Å². The molecule has 2 aromatic carbocycles. The van der Waals surface area contributed by atoms with Crippen molar-refractivity contribution in [2.75, 3.05) is 20.8 Å². The van der Waals surface area contributed by atoms with E-state index in [4.69, 9.17) is 21.7 Å². The summed E-state index contributed by atoms with van der Waals surface area (Å²) in [6.07, 6.45) is 4.14. The fraction of sp³-hybridized carbons (Fsp3) is 0.280. The number of carbonyl (C=O) groups is 3. The smallest absolute Gasteiger partial charge is 0.273 e. The lowest BCUT2D eigenvalue weighted by molar-refractivity contribution is -0.123. The zero-order valence-corrected chi connectivity index (χ0v) is 21.2. The number of nitrogens with zero attached hydrogens (tertiary/aromatic N) is 1. The zero-order chi connectivity index (χ0) is 25.2. The molecule has 0 spiro atoms. The second kappa shape index (κ2) is 12.9. The van der Waals surface area contributed by atoms with Gasteiger partial charge in [0.25, 0.3) is 11.8 Å². The van der Waals surface area contributed by atoms with Crippen LogP contribution in [-0.2, 0) is 9.59 Å². The van der Waals surface area contributed by atoms with Gasteiger partial charge in [-0.25, -0.2) is 0 Å². The third-order valence-corrected chi connectivity index (χ3v) is 6.62. The number of carbonyl (C=O) groups excluding carboxylic acids is 3. The molecule has 0 bridgehead atoms. The van der Waals surface area contributed by atoms with E-state index in [-0.39, 0.29) is 18.2 Å². The summed E-state index contributed by atoms with van der Waals surface area (Å²) in [4.78, 5) is 39.2. The van der Waals surface area contributed by atoms with Crippen LogP contribution in [0.4, 0.5) is 0 Å². The number of benzene rings is 2. The van der Waals surface area contributed by atoms with Gasteiger partial charge in [-0.15, -0.1) is 0 Å². The highest BCUT2D eigenvalue weighted by Crippen LogP contribution is 2.33. The Bertz CT molecular complexity index is 1120. The largest absolute Gasteiger partial charge is 0.497 e. The molecule has 1 heterocycles. The van der Waals surface area contributed by atoms with E-state index in [0.717, 1.165) is 17.7 Å². The summed E-state index contributed by atoms with van der Waals surface area (Å²) < 4.78 is 10.8. The SMILES string of the molecule is COc1ccc(C=C2SC(=S)N(CCCCCC(=O)NNC(=O)c3ccccc3OC)C2=O)cc1. The molecule has 3 amide bonds. The van der Waals surface area contributed by atoms with Gasteiger partial charge in [0.15, 0.2) is 0 Å². The molecule has 3 rings (SSSR count). The van der Waals surface area contributed by atoms with Gasteiger partial charge in [-0.2, -0.15) is 0 Å². The summed E-state index contributed by atoms with van der Waals surface area (Å²) in [6.45, 7) is 0.497. The van der Waals surface area contributed by atoms with Crippen LogP contribution in [0.3, 0.4) is 0 Å². The summed E-state index contributed by atoms with van der Waals surface area (Å²) in [7, 11) is 3.08. The first-order chi connectivity index (χ1) is 16.9. The van der Waals surface area contributed by atoms with Crippen molar-refractivity contribution in [2.24, 2.45) is 0 Å². The van der Waals surface area contributed by atoms with E-state index in [0.29, 0.717) is 39.9 Å². The van der Waals surface area contributed by atoms with Crippen LogP contribution < -0.4 is 20.3 Å². The van der Waals surface area contributed by atoms with Gasteiger partial charge >= 0.3 is 0 Å². The van der Waals surface area contributed by atoms with Gasteiger partial charge in [0.05, 0.1) is 24.7 Å². The molecule has 8 nitrogen and oxygen atoms in total. The average molecular weight is 514 g/mol. The number of hydrazine groups is 1. The van der Waals surface area contributed by atoms with Gasteiger partial charge < -0.3 is 9.47 Å². The number of methoxy groups -OCH3 is 2. The Hall–Kier alpha value is -3.37.